The molecule has 4 atom stereocenters. The van der Waals surface area contributed by atoms with E-state index in [2.05, 4.69) is 77.1 Å². The number of rotatable bonds is 10. The van der Waals surface area contributed by atoms with Gasteiger partial charge in [0.15, 0.2) is 0 Å². The highest BCUT2D eigenvalue weighted by Gasteiger charge is 2.43. The molecule has 13 heteroatoms. The summed E-state index contributed by atoms with van der Waals surface area (Å²) in [5.41, 5.74) is 0.693. The highest BCUT2D eigenvalue weighted by molar-refractivity contribution is 5.78. The predicted octanol–water partition coefficient (Wildman–Crippen LogP) is 1.85. The van der Waals surface area contributed by atoms with E-state index in [1.54, 1.807) is 19.1 Å². The van der Waals surface area contributed by atoms with Gasteiger partial charge >= 0.3 is 23.9 Å². The summed E-state index contributed by atoms with van der Waals surface area (Å²) < 4.78 is 5.38. The summed E-state index contributed by atoms with van der Waals surface area (Å²) in [6.45, 7) is 15.4. The van der Waals surface area contributed by atoms with Crippen molar-refractivity contribution < 1.29 is 44.3 Å². The van der Waals surface area contributed by atoms with Crippen molar-refractivity contribution in [3.05, 3.63) is 11.3 Å². The number of aromatic nitrogens is 2. The molecular formula is C31H50N7O6+3. The second-order valence-electron chi connectivity index (χ2n) is 15.0. The molecule has 1 aromatic heterocycles. The Morgan fingerprint density at radius 3 is 2.11 bits per heavy atom. The molecule has 7 N–H and O–H groups in total. The van der Waals surface area contributed by atoms with Gasteiger partial charge in [0.05, 0.1) is 30.8 Å². The third-order valence-electron chi connectivity index (χ3n) is 8.78. The zero-order chi connectivity index (χ0) is 32.8. The smallest absolute Gasteiger partial charge is 0.472 e. The molecule has 4 unspecified atom stereocenters. The number of hydrogen-bond acceptors (Lipinski definition) is 7. The Hall–Kier alpha value is -3.82. The molecule has 1 amide bonds. The number of nitrogens with zero attached hydrogens (tertiary/aromatic N) is 2. The third kappa shape index (κ3) is 10.1. The van der Waals surface area contributed by atoms with Crippen molar-refractivity contribution in [2.75, 3.05) is 25.0 Å². The number of alkyl carbamates (subject to hydrolysis) is 1. The average molecular weight is 617 g/mol. The van der Waals surface area contributed by atoms with Gasteiger partial charge in [-0.25, -0.2) is 29.4 Å². The van der Waals surface area contributed by atoms with Crippen LogP contribution in [0.3, 0.4) is 0 Å². The van der Waals surface area contributed by atoms with E-state index < -0.39 is 6.09 Å². The maximum Gasteiger partial charge on any atom is 0.507 e. The van der Waals surface area contributed by atoms with Crippen LogP contribution in [0, 0.1) is 28.6 Å². The van der Waals surface area contributed by atoms with Gasteiger partial charge in [-0.1, -0.05) is 41.5 Å². The largest absolute Gasteiger partial charge is 0.507 e. The summed E-state index contributed by atoms with van der Waals surface area (Å²) in [4.78, 5) is 50.9. The fourth-order valence-corrected chi connectivity index (χ4v) is 7.83. The summed E-state index contributed by atoms with van der Waals surface area (Å²) >= 11 is 0. The van der Waals surface area contributed by atoms with Crippen molar-refractivity contribution in [2.24, 2.45) is 31.6 Å². The van der Waals surface area contributed by atoms with Crippen LogP contribution in [0.5, 0.6) is 5.88 Å². The lowest BCUT2D eigenvalue weighted by Crippen LogP contribution is -2.79. The molecule has 0 radical (unpaired) electrons. The maximum absolute atomic E-state index is 12.4. The SMILES string of the molecule is Cc1[nH+]c(NC(O)=[NH+]CC2(C)CC(N=C=O)CC(C)(C)C2)[nH+]c(O)c1CCOC(=O)NCC1(C)CC(N=C=O)CC(C)(C)C1. The van der Waals surface area contributed by atoms with Crippen molar-refractivity contribution in [3.8, 4) is 5.88 Å². The number of nitrogens with one attached hydrogen (secondary N) is 5. The van der Waals surface area contributed by atoms with E-state index in [0.717, 1.165) is 25.7 Å². The van der Waals surface area contributed by atoms with E-state index in [9.17, 15) is 24.6 Å². The number of carbonyl (C=O) groups is 1. The van der Waals surface area contributed by atoms with Crippen LogP contribution >= 0.6 is 0 Å². The van der Waals surface area contributed by atoms with E-state index in [0.29, 0.717) is 37.2 Å². The second kappa shape index (κ2) is 13.9. The Morgan fingerprint density at radius 2 is 1.55 bits per heavy atom. The first-order valence-electron chi connectivity index (χ1n) is 15.2. The Bertz CT molecular complexity index is 1310. The number of anilines is 1. The third-order valence-corrected chi connectivity index (χ3v) is 8.78. The molecule has 2 aliphatic carbocycles. The van der Waals surface area contributed by atoms with Crippen molar-refractivity contribution in [3.63, 3.8) is 0 Å². The number of aromatic hydroxyl groups is 1. The van der Waals surface area contributed by atoms with Gasteiger partial charge in [-0.2, -0.15) is 4.98 Å². The number of aryl methyl sites for hydroxylation is 1. The van der Waals surface area contributed by atoms with E-state index in [4.69, 9.17) is 4.74 Å². The molecule has 1 heterocycles. The lowest BCUT2D eigenvalue weighted by Gasteiger charge is -2.45. The maximum atomic E-state index is 12.4. The van der Waals surface area contributed by atoms with Crippen molar-refractivity contribution in [1.29, 1.82) is 0 Å². The Kier molecular flexibility index (Phi) is 10.9. The molecule has 44 heavy (non-hydrogen) atoms. The zero-order valence-electron chi connectivity index (χ0n) is 27.1. The van der Waals surface area contributed by atoms with Gasteiger partial charge < -0.3 is 20.3 Å². The zero-order valence-corrected chi connectivity index (χ0v) is 27.1. The first kappa shape index (κ1) is 34.7. The number of H-pyrrole nitrogens is 2. The number of aromatic amines is 2. The number of amides is 1. The summed E-state index contributed by atoms with van der Waals surface area (Å²) in [5, 5.41) is 26.8. The minimum absolute atomic E-state index is 0.00493. The Labute approximate surface area is 259 Å². The van der Waals surface area contributed by atoms with Gasteiger partial charge in [-0.3, -0.25) is 0 Å². The fourth-order valence-electron chi connectivity index (χ4n) is 7.83. The van der Waals surface area contributed by atoms with Gasteiger partial charge in [0.2, 0.25) is 12.2 Å². The molecular weight excluding hydrogens is 566 g/mol. The molecule has 3 rings (SSSR count). The van der Waals surface area contributed by atoms with E-state index in [-0.39, 0.29) is 64.6 Å². The molecule has 0 saturated heterocycles. The van der Waals surface area contributed by atoms with Gasteiger partial charge in [0.25, 0.3) is 0 Å². The molecule has 2 fully saturated rings. The number of isocyanates is 2. The summed E-state index contributed by atoms with van der Waals surface area (Å²) in [6, 6.07) is -0.426. The molecule has 242 valence electrons. The summed E-state index contributed by atoms with van der Waals surface area (Å²) in [5.74, 6) is 0.126. The Morgan fingerprint density at radius 1 is 0.977 bits per heavy atom. The molecule has 0 aromatic carbocycles. The molecule has 0 spiro atoms. The van der Waals surface area contributed by atoms with Gasteiger partial charge in [0, 0.05) is 25.3 Å². The molecule has 0 aliphatic heterocycles. The first-order valence-corrected chi connectivity index (χ1v) is 15.2. The lowest BCUT2D eigenvalue weighted by molar-refractivity contribution is -0.516. The van der Waals surface area contributed by atoms with Gasteiger partial charge in [0.1, 0.15) is 5.69 Å². The molecule has 2 aliphatic rings. The number of ether oxygens (including phenoxy) is 1. The lowest BCUT2D eigenvalue weighted by atomic mass is 9.62. The predicted molar refractivity (Wildman–Crippen MR) is 161 cm³/mol. The number of amidine groups is 1. The fraction of sp³-hybridized carbons (Fsp3) is 0.742. The minimum Gasteiger partial charge on any atom is -0.472 e. The van der Waals surface area contributed by atoms with Crippen LogP contribution < -0.4 is 25.6 Å². The second-order valence-corrected chi connectivity index (χ2v) is 15.0. The van der Waals surface area contributed by atoms with Crippen LogP contribution in [0.4, 0.5) is 10.7 Å². The number of carbonyl (C=O) groups excluding carboxylic acids is 3. The van der Waals surface area contributed by atoms with E-state index >= 15 is 0 Å². The van der Waals surface area contributed by atoms with Crippen LogP contribution in [0.2, 0.25) is 0 Å². The standard InChI is InChI=1S/C31H47N7O6/c1-20-23(8-9-44-27(43)33-17-31(7)13-22(35-19-40)11-29(4,5)15-31)24(41)37-25(36-20)38-26(42)32-16-30(6)12-21(34-18-39)10-28(2,3)14-30/h21-22H,8-17H2,1-7H3,(H,33,43)(H3,32,36,37,38,41,42)/p+3. The number of aliphatic imine (C=N–C) groups is 2. The van der Waals surface area contributed by atoms with Crippen molar-refractivity contribution >= 4 is 30.2 Å². The van der Waals surface area contributed by atoms with Crippen LogP contribution in [0.1, 0.15) is 91.3 Å². The summed E-state index contributed by atoms with van der Waals surface area (Å²) in [6.07, 6.45) is 7.83. The van der Waals surface area contributed by atoms with E-state index in [1.165, 1.54) is 0 Å². The highest BCUT2D eigenvalue weighted by atomic mass is 16.5. The van der Waals surface area contributed by atoms with Gasteiger partial charge in [-0.15, -0.1) is 10.3 Å². The molecule has 13 nitrogen and oxygen atoms in total. The minimum atomic E-state index is -0.557. The van der Waals surface area contributed by atoms with Crippen LogP contribution in [-0.2, 0) is 20.7 Å². The number of hydrogen-bond donors (Lipinski definition) is 5. The van der Waals surface area contributed by atoms with Crippen molar-refractivity contribution in [1.82, 2.24) is 5.32 Å². The van der Waals surface area contributed by atoms with Crippen LogP contribution in [0.25, 0.3) is 0 Å². The molecule has 2 saturated carbocycles. The van der Waals surface area contributed by atoms with Crippen LogP contribution in [0.15, 0.2) is 9.98 Å². The van der Waals surface area contributed by atoms with Gasteiger partial charge in [-0.05, 0) is 54.8 Å². The Balaban J connectivity index is 1.52. The molecule has 0 bridgehead atoms. The number of aliphatic hydroxyl groups excluding tert-OH is 1. The normalized spacial score (nSPS) is 27.8. The first-order chi connectivity index (χ1) is 20.5. The quantitative estimate of drug-likeness (QED) is 0.150. The summed E-state index contributed by atoms with van der Waals surface area (Å²) in [7, 11) is 0. The monoisotopic (exact) mass is 616 g/mol. The van der Waals surface area contributed by atoms with Crippen LogP contribution in [-0.4, -0.2) is 66.3 Å². The van der Waals surface area contributed by atoms with E-state index in [1.807, 2.05) is 0 Å². The number of aliphatic hydroxyl groups is 1. The topological polar surface area (TPSA) is 192 Å². The average Bonchev–Trinajstić information content (AvgIpc) is 2.86. The highest BCUT2D eigenvalue weighted by Crippen LogP contribution is 2.47. The molecule has 1 aromatic rings. The van der Waals surface area contributed by atoms with Crippen molar-refractivity contribution in [2.45, 2.75) is 105 Å².